The molecule has 3 aromatic carbocycles. The molecule has 0 radical (unpaired) electrons. The van der Waals surface area contributed by atoms with Gasteiger partial charge in [-0.05, 0) is 56.1 Å². The van der Waals surface area contributed by atoms with E-state index in [0.717, 1.165) is 0 Å². The smallest absolute Gasteiger partial charge is 0.233 e. The molecule has 0 aliphatic heterocycles. The molecule has 0 aliphatic rings. The minimum Gasteiger partial charge on any atom is -0.504 e. The maximum atomic E-state index is 14.1. The number of hydrogen-bond acceptors (Lipinski definition) is 5. The Morgan fingerprint density at radius 2 is 1.64 bits per heavy atom. The zero-order chi connectivity index (χ0) is 24.0. The number of methoxy groups -OCH3 is 1. The third-order valence-corrected chi connectivity index (χ3v) is 6.56. The molecule has 0 saturated heterocycles. The van der Waals surface area contributed by atoms with Gasteiger partial charge in [0.25, 0.3) is 0 Å². The van der Waals surface area contributed by atoms with E-state index in [1.165, 1.54) is 31.5 Å². The van der Waals surface area contributed by atoms with Crippen molar-refractivity contribution in [2.24, 2.45) is 4.99 Å². The molecule has 0 atom stereocenters. The largest absolute Gasteiger partial charge is 0.504 e. The highest BCUT2D eigenvalue weighted by Gasteiger charge is 2.29. The molecule has 0 amide bonds. The first-order valence-corrected chi connectivity index (χ1v) is 10.4. The molecular formula is C21H9Br2F5N2O3. The molecule has 5 nitrogen and oxygen atoms in total. The fourth-order valence-electron chi connectivity index (χ4n) is 2.92. The second kappa shape index (κ2) is 8.75. The highest BCUT2D eigenvalue weighted by Crippen LogP contribution is 2.40. The average molecular weight is 592 g/mol. The van der Waals surface area contributed by atoms with Crippen molar-refractivity contribution in [3.63, 3.8) is 0 Å². The SMILES string of the molecule is COc1cc(Br)c(Br)c(C=Nc2ccc3oc(-c4c(F)c(F)c(F)c(F)c4F)nc3c2)c1O. The second-order valence-electron chi connectivity index (χ2n) is 6.51. The molecule has 0 aliphatic carbocycles. The molecule has 4 aromatic rings. The van der Waals surface area contributed by atoms with E-state index in [1.807, 2.05) is 0 Å². The molecule has 0 fully saturated rings. The van der Waals surface area contributed by atoms with Crippen molar-refractivity contribution >= 4 is 54.9 Å². The maximum absolute atomic E-state index is 14.1. The van der Waals surface area contributed by atoms with Crippen LogP contribution >= 0.6 is 31.9 Å². The topological polar surface area (TPSA) is 67.9 Å². The van der Waals surface area contributed by atoms with E-state index in [0.29, 0.717) is 20.2 Å². The summed E-state index contributed by atoms with van der Waals surface area (Å²) in [5, 5.41) is 10.3. The van der Waals surface area contributed by atoms with E-state index in [-0.39, 0.29) is 22.6 Å². The fourth-order valence-corrected chi connectivity index (χ4v) is 3.75. The van der Waals surface area contributed by atoms with Crippen LogP contribution in [0.4, 0.5) is 27.6 Å². The van der Waals surface area contributed by atoms with Gasteiger partial charge in [-0.2, -0.15) is 0 Å². The molecule has 1 heterocycles. The number of oxazole rings is 1. The van der Waals surface area contributed by atoms with E-state index in [9.17, 15) is 27.1 Å². The van der Waals surface area contributed by atoms with Gasteiger partial charge in [-0.15, -0.1) is 0 Å². The number of aliphatic imine (C=N–C) groups is 1. The van der Waals surface area contributed by atoms with Crippen molar-refractivity contribution in [1.82, 2.24) is 4.98 Å². The Bertz CT molecular complexity index is 1430. The zero-order valence-corrected chi connectivity index (χ0v) is 19.4. The van der Waals surface area contributed by atoms with E-state index in [1.54, 1.807) is 6.07 Å². The molecule has 12 heteroatoms. The Balaban J connectivity index is 1.77. The van der Waals surface area contributed by atoms with Gasteiger partial charge in [0, 0.05) is 15.2 Å². The van der Waals surface area contributed by atoms with Crippen LogP contribution in [0.15, 0.2) is 42.6 Å². The van der Waals surface area contributed by atoms with Crippen molar-refractivity contribution in [3.05, 3.63) is 67.9 Å². The van der Waals surface area contributed by atoms with Crippen LogP contribution in [0.3, 0.4) is 0 Å². The number of hydrogen-bond donors (Lipinski definition) is 1. The summed E-state index contributed by atoms with van der Waals surface area (Å²) in [6.07, 6.45) is 1.33. The highest BCUT2D eigenvalue weighted by molar-refractivity contribution is 9.13. The first-order valence-electron chi connectivity index (χ1n) is 8.85. The summed E-state index contributed by atoms with van der Waals surface area (Å²) in [6, 6.07) is 5.75. The summed E-state index contributed by atoms with van der Waals surface area (Å²) < 4.78 is 79.9. The molecule has 0 spiro atoms. The molecular weight excluding hydrogens is 583 g/mol. The van der Waals surface area contributed by atoms with Crippen molar-refractivity contribution in [1.29, 1.82) is 0 Å². The van der Waals surface area contributed by atoms with Crippen molar-refractivity contribution in [2.75, 3.05) is 7.11 Å². The van der Waals surface area contributed by atoms with Gasteiger partial charge < -0.3 is 14.3 Å². The molecule has 4 rings (SSSR count). The summed E-state index contributed by atoms with van der Waals surface area (Å²) in [4.78, 5) is 8.08. The van der Waals surface area contributed by atoms with Gasteiger partial charge in [0.1, 0.15) is 11.1 Å². The van der Waals surface area contributed by atoms with E-state index >= 15 is 0 Å². The van der Waals surface area contributed by atoms with Gasteiger partial charge in [0.2, 0.25) is 11.7 Å². The molecule has 0 saturated carbocycles. The van der Waals surface area contributed by atoms with Crippen LogP contribution in [0.2, 0.25) is 0 Å². The number of aromatic nitrogens is 1. The Hall–Kier alpha value is -2.99. The van der Waals surface area contributed by atoms with Crippen LogP contribution in [-0.2, 0) is 0 Å². The third kappa shape index (κ3) is 3.97. The lowest BCUT2D eigenvalue weighted by Crippen LogP contribution is -2.04. The number of nitrogens with zero attached hydrogens (tertiary/aromatic N) is 2. The van der Waals surface area contributed by atoms with E-state index < -0.39 is 40.5 Å². The number of fused-ring (bicyclic) bond motifs is 1. The number of rotatable bonds is 4. The van der Waals surface area contributed by atoms with Crippen molar-refractivity contribution < 1.29 is 36.2 Å². The molecule has 33 heavy (non-hydrogen) atoms. The Morgan fingerprint density at radius 3 is 2.27 bits per heavy atom. The number of halogens is 7. The molecule has 170 valence electrons. The second-order valence-corrected chi connectivity index (χ2v) is 8.16. The zero-order valence-electron chi connectivity index (χ0n) is 16.2. The minimum atomic E-state index is -2.28. The van der Waals surface area contributed by atoms with Gasteiger partial charge in [-0.1, -0.05) is 0 Å². The van der Waals surface area contributed by atoms with Crippen LogP contribution < -0.4 is 4.74 Å². The van der Waals surface area contributed by atoms with Crippen LogP contribution in [0.5, 0.6) is 11.5 Å². The van der Waals surface area contributed by atoms with Crippen LogP contribution in [0.1, 0.15) is 5.56 Å². The molecule has 0 bridgehead atoms. The number of phenols is 1. The van der Waals surface area contributed by atoms with Gasteiger partial charge in [-0.25, -0.2) is 26.9 Å². The van der Waals surface area contributed by atoms with Crippen molar-refractivity contribution in [3.8, 4) is 23.0 Å². The lowest BCUT2D eigenvalue weighted by Gasteiger charge is -2.09. The Morgan fingerprint density at radius 1 is 1.00 bits per heavy atom. The predicted octanol–water partition coefficient (Wildman–Crippen LogP) is 7.18. The lowest BCUT2D eigenvalue weighted by molar-refractivity contribution is 0.372. The van der Waals surface area contributed by atoms with E-state index in [4.69, 9.17) is 9.15 Å². The summed E-state index contributed by atoms with van der Waals surface area (Å²) in [5.74, 6) is -11.4. The van der Waals surface area contributed by atoms with Crippen molar-refractivity contribution in [2.45, 2.75) is 0 Å². The lowest BCUT2D eigenvalue weighted by atomic mass is 10.1. The normalized spacial score (nSPS) is 11.6. The highest BCUT2D eigenvalue weighted by atomic mass is 79.9. The predicted molar refractivity (Wildman–Crippen MR) is 117 cm³/mol. The van der Waals surface area contributed by atoms with Gasteiger partial charge >= 0.3 is 0 Å². The minimum absolute atomic E-state index is 0.0287. The van der Waals surface area contributed by atoms with E-state index in [2.05, 4.69) is 41.8 Å². The van der Waals surface area contributed by atoms with Gasteiger partial charge in [0.15, 0.2) is 40.4 Å². The molecule has 0 unspecified atom stereocenters. The Labute approximate surface area is 198 Å². The number of phenolic OH excluding ortho intramolecular Hbond substituents is 1. The molecule has 1 aromatic heterocycles. The maximum Gasteiger partial charge on any atom is 0.233 e. The number of ether oxygens (including phenoxy) is 1. The van der Waals surface area contributed by atoms with Gasteiger partial charge in [-0.3, -0.25) is 4.99 Å². The summed E-state index contributed by atoms with van der Waals surface area (Å²) in [7, 11) is 1.39. The number of benzene rings is 3. The molecule has 1 N–H and O–H groups in total. The van der Waals surface area contributed by atoms with Crippen LogP contribution in [0.25, 0.3) is 22.6 Å². The fraction of sp³-hybridized carbons (Fsp3) is 0.0476. The Kier molecular flexibility index (Phi) is 6.14. The van der Waals surface area contributed by atoms with Crippen LogP contribution in [0, 0.1) is 29.1 Å². The first-order chi connectivity index (χ1) is 15.6. The summed E-state index contributed by atoms with van der Waals surface area (Å²) in [5.41, 5.74) is -0.601. The van der Waals surface area contributed by atoms with Gasteiger partial charge in [0.05, 0.1) is 18.4 Å². The quantitative estimate of drug-likeness (QED) is 0.118. The third-order valence-electron chi connectivity index (χ3n) is 4.55. The average Bonchev–Trinajstić information content (AvgIpc) is 3.21. The van der Waals surface area contributed by atoms with Crippen LogP contribution in [-0.4, -0.2) is 23.4 Å². The summed E-state index contributed by atoms with van der Waals surface area (Å²) >= 11 is 6.65. The number of aromatic hydroxyl groups is 1. The first kappa shape index (κ1) is 23.2. The summed E-state index contributed by atoms with van der Waals surface area (Å²) in [6.45, 7) is 0. The standard InChI is InChI=1S/C21H9Br2F5N2O3/c1-32-12-5-9(22)14(23)8(20(12)31)6-29-7-2-3-11-10(4-7)30-21(33-11)13-15(24)17(26)19(28)18(27)16(13)25/h2-6,31H,1H3. The monoisotopic (exact) mass is 590 g/mol.